The number of hydrogen-bond donors (Lipinski definition) is 1. The molecule has 8 heteroatoms. The van der Waals surface area contributed by atoms with Crippen LogP contribution < -0.4 is 19.3 Å². The highest BCUT2D eigenvalue weighted by molar-refractivity contribution is 7.89. The van der Waals surface area contributed by atoms with E-state index in [1.807, 2.05) is 0 Å². The summed E-state index contributed by atoms with van der Waals surface area (Å²) < 4.78 is 37.0. The number of rotatable bonds is 8. The monoisotopic (exact) mass is 350 g/mol. The summed E-state index contributed by atoms with van der Waals surface area (Å²) in [4.78, 5) is 10.3. The Morgan fingerprint density at radius 1 is 1.08 bits per heavy atom. The maximum atomic E-state index is 12.0. The topological polar surface area (TPSA) is 105 Å². The number of carbonyl (C=O) groups is 1. The molecule has 0 aliphatic rings. The van der Waals surface area contributed by atoms with Crippen molar-refractivity contribution in [3.63, 3.8) is 0 Å². The van der Waals surface area contributed by atoms with Crippen LogP contribution in [-0.4, -0.2) is 28.0 Å². The van der Waals surface area contributed by atoms with E-state index in [-0.39, 0.29) is 11.4 Å². The van der Waals surface area contributed by atoms with Crippen molar-refractivity contribution in [2.75, 3.05) is 13.7 Å². The SMILES string of the molecule is COc1ccccc1Oc1ccc(S(=O)(=O)NCCC(=O)[O-])cc1. The molecule has 24 heavy (non-hydrogen) atoms. The van der Waals surface area contributed by atoms with Crippen LogP contribution >= 0.6 is 0 Å². The second-order valence-corrected chi connectivity index (χ2v) is 6.51. The number of sulfonamides is 1. The van der Waals surface area contributed by atoms with Crippen LogP contribution in [0.1, 0.15) is 6.42 Å². The average Bonchev–Trinajstić information content (AvgIpc) is 2.55. The molecule has 0 saturated carbocycles. The lowest BCUT2D eigenvalue weighted by atomic mass is 10.3. The first-order valence-corrected chi connectivity index (χ1v) is 8.51. The number of benzene rings is 2. The summed E-state index contributed by atoms with van der Waals surface area (Å²) in [7, 11) is -2.26. The molecular formula is C16H16NO6S-. The lowest BCUT2D eigenvalue weighted by molar-refractivity contribution is -0.305. The van der Waals surface area contributed by atoms with Gasteiger partial charge in [-0.15, -0.1) is 0 Å². The Bertz CT molecular complexity index is 802. The molecule has 2 aromatic rings. The highest BCUT2D eigenvalue weighted by Crippen LogP contribution is 2.31. The standard InChI is InChI=1S/C16H17NO6S/c1-22-14-4-2-3-5-15(14)23-12-6-8-13(9-7-12)24(20,21)17-11-10-16(18)19/h2-9,17H,10-11H2,1H3,(H,18,19)/p-1. The van der Waals surface area contributed by atoms with Crippen molar-refractivity contribution in [1.82, 2.24) is 4.72 Å². The molecule has 0 aliphatic carbocycles. The van der Waals surface area contributed by atoms with Crippen LogP contribution in [-0.2, 0) is 14.8 Å². The van der Waals surface area contributed by atoms with Crippen molar-refractivity contribution < 1.29 is 27.8 Å². The molecule has 0 radical (unpaired) electrons. The normalized spacial score (nSPS) is 11.0. The number of nitrogens with one attached hydrogen (secondary N) is 1. The predicted octanol–water partition coefficient (Wildman–Crippen LogP) is 0.906. The van der Waals surface area contributed by atoms with Gasteiger partial charge in [-0.25, -0.2) is 13.1 Å². The van der Waals surface area contributed by atoms with Crippen molar-refractivity contribution >= 4 is 16.0 Å². The summed E-state index contributed by atoms with van der Waals surface area (Å²) in [6.45, 7) is -0.232. The Hall–Kier alpha value is -2.58. The summed E-state index contributed by atoms with van der Waals surface area (Å²) in [5.41, 5.74) is 0. The maximum absolute atomic E-state index is 12.0. The van der Waals surface area contributed by atoms with E-state index >= 15 is 0 Å². The molecule has 0 fully saturated rings. The van der Waals surface area contributed by atoms with Gasteiger partial charge in [0.15, 0.2) is 11.5 Å². The van der Waals surface area contributed by atoms with Crippen LogP contribution in [0.15, 0.2) is 53.4 Å². The van der Waals surface area contributed by atoms with E-state index in [2.05, 4.69) is 4.72 Å². The number of hydrogen-bond acceptors (Lipinski definition) is 6. The van der Waals surface area contributed by atoms with Crippen molar-refractivity contribution in [2.24, 2.45) is 0 Å². The van der Waals surface area contributed by atoms with Gasteiger partial charge in [0.2, 0.25) is 10.0 Å². The zero-order valence-electron chi connectivity index (χ0n) is 12.9. The summed E-state index contributed by atoms with van der Waals surface area (Å²) >= 11 is 0. The van der Waals surface area contributed by atoms with Crippen LogP contribution in [0.3, 0.4) is 0 Å². The molecular weight excluding hydrogens is 334 g/mol. The van der Waals surface area contributed by atoms with Gasteiger partial charge < -0.3 is 19.4 Å². The van der Waals surface area contributed by atoms with Gasteiger partial charge in [-0.3, -0.25) is 0 Å². The average molecular weight is 350 g/mol. The molecule has 0 aromatic heterocycles. The smallest absolute Gasteiger partial charge is 0.240 e. The summed E-state index contributed by atoms with van der Waals surface area (Å²) in [5.74, 6) is 0.173. The first-order chi connectivity index (χ1) is 11.4. The number of carboxylic acids is 1. The third-order valence-electron chi connectivity index (χ3n) is 3.05. The molecule has 1 N–H and O–H groups in total. The highest BCUT2D eigenvalue weighted by atomic mass is 32.2. The minimum atomic E-state index is -3.78. The van der Waals surface area contributed by atoms with Crippen molar-refractivity contribution in [3.05, 3.63) is 48.5 Å². The molecule has 2 rings (SSSR count). The molecule has 0 bridgehead atoms. The van der Waals surface area contributed by atoms with Crippen molar-refractivity contribution in [1.29, 1.82) is 0 Å². The number of para-hydroxylation sites is 2. The minimum absolute atomic E-state index is 0.00762. The van der Waals surface area contributed by atoms with Gasteiger partial charge in [0.25, 0.3) is 0 Å². The maximum Gasteiger partial charge on any atom is 0.240 e. The first-order valence-electron chi connectivity index (χ1n) is 7.03. The fourth-order valence-corrected chi connectivity index (χ4v) is 2.92. The number of ether oxygens (including phenoxy) is 2. The number of methoxy groups -OCH3 is 1. The molecule has 0 atom stereocenters. The van der Waals surface area contributed by atoms with E-state index in [1.165, 1.54) is 31.4 Å². The van der Waals surface area contributed by atoms with E-state index in [0.717, 1.165) is 0 Å². The highest BCUT2D eigenvalue weighted by Gasteiger charge is 2.13. The lowest BCUT2D eigenvalue weighted by Crippen LogP contribution is -2.31. The molecule has 2 aromatic carbocycles. The molecule has 0 spiro atoms. The third-order valence-corrected chi connectivity index (χ3v) is 4.53. The first kappa shape index (κ1) is 17.8. The van der Waals surface area contributed by atoms with Gasteiger partial charge in [-0.05, 0) is 36.4 Å². The molecule has 7 nitrogen and oxygen atoms in total. The van der Waals surface area contributed by atoms with Gasteiger partial charge in [-0.2, -0.15) is 0 Å². The van der Waals surface area contributed by atoms with Crippen LogP contribution in [0.25, 0.3) is 0 Å². The van der Waals surface area contributed by atoms with Gasteiger partial charge in [-0.1, -0.05) is 12.1 Å². The Morgan fingerprint density at radius 3 is 2.29 bits per heavy atom. The van der Waals surface area contributed by atoms with Gasteiger partial charge in [0, 0.05) is 18.9 Å². The van der Waals surface area contributed by atoms with Gasteiger partial charge >= 0.3 is 0 Å². The van der Waals surface area contributed by atoms with E-state index in [0.29, 0.717) is 17.2 Å². The predicted molar refractivity (Wildman–Crippen MR) is 84.3 cm³/mol. The quantitative estimate of drug-likeness (QED) is 0.759. The molecule has 0 heterocycles. The largest absolute Gasteiger partial charge is 0.550 e. The fraction of sp³-hybridized carbons (Fsp3) is 0.188. The van der Waals surface area contributed by atoms with Crippen molar-refractivity contribution in [3.8, 4) is 17.2 Å². The zero-order valence-corrected chi connectivity index (χ0v) is 13.7. The van der Waals surface area contributed by atoms with Crippen molar-refractivity contribution in [2.45, 2.75) is 11.3 Å². The lowest BCUT2D eigenvalue weighted by Gasteiger charge is -2.11. The summed E-state index contributed by atoms with van der Waals surface area (Å²) in [5, 5.41) is 10.3. The van der Waals surface area contributed by atoms with Gasteiger partial charge in [0.1, 0.15) is 5.75 Å². The Morgan fingerprint density at radius 2 is 1.71 bits per heavy atom. The molecule has 0 saturated heterocycles. The molecule has 0 unspecified atom stereocenters. The van der Waals surface area contributed by atoms with E-state index in [9.17, 15) is 18.3 Å². The minimum Gasteiger partial charge on any atom is -0.550 e. The van der Waals surface area contributed by atoms with E-state index in [4.69, 9.17) is 9.47 Å². The molecule has 0 aliphatic heterocycles. The number of carboxylic acid groups (broad SMARTS) is 1. The second kappa shape index (κ2) is 7.80. The molecule has 0 amide bonds. The van der Waals surface area contributed by atoms with E-state index in [1.54, 1.807) is 24.3 Å². The summed E-state index contributed by atoms with van der Waals surface area (Å²) in [6, 6.07) is 12.8. The third kappa shape index (κ3) is 4.71. The van der Waals surface area contributed by atoms with Crippen LogP contribution in [0.5, 0.6) is 17.2 Å². The number of aliphatic carboxylic acids is 1. The van der Waals surface area contributed by atoms with Crippen LogP contribution in [0.4, 0.5) is 0 Å². The Balaban J connectivity index is 2.08. The van der Waals surface area contributed by atoms with Crippen LogP contribution in [0, 0.1) is 0 Å². The summed E-state index contributed by atoms with van der Waals surface area (Å²) in [6.07, 6.45) is -0.395. The van der Waals surface area contributed by atoms with Crippen LogP contribution in [0.2, 0.25) is 0 Å². The van der Waals surface area contributed by atoms with E-state index < -0.39 is 22.4 Å². The molecule has 128 valence electrons. The second-order valence-electron chi connectivity index (χ2n) is 4.74. The Labute approximate surface area is 139 Å². The van der Waals surface area contributed by atoms with Gasteiger partial charge in [0.05, 0.1) is 12.0 Å². The Kier molecular flexibility index (Phi) is 5.78. The fourth-order valence-electron chi connectivity index (χ4n) is 1.89. The zero-order chi connectivity index (χ0) is 17.6. The number of carbonyl (C=O) groups excluding carboxylic acids is 1.